The molecule has 2 rings (SSSR count). The zero-order chi connectivity index (χ0) is 24.1. The van der Waals surface area contributed by atoms with E-state index in [0.29, 0.717) is 50.2 Å². The molecular formula is C22H33N3O6S. The van der Waals surface area contributed by atoms with E-state index >= 15 is 0 Å². The third kappa shape index (κ3) is 4.91. The molecule has 0 radical (unpaired) electrons. The summed E-state index contributed by atoms with van der Waals surface area (Å²) in [5.41, 5.74) is 0.769. The zero-order valence-corrected chi connectivity index (χ0v) is 20.7. The Morgan fingerprint density at radius 2 is 1.44 bits per heavy atom. The van der Waals surface area contributed by atoms with Gasteiger partial charge in [-0.05, 0) is 46.8 Å². The van der Waals surface area contributed by atoms with Crippen LogP contribution in [0.3, 0.4) is 0 Å². The summed E-state index contributed by atoms with van der Waals surface area (Å²) in [6.45, 7) is 14.0. The molecule has 0 aliphatic carbocycles. The number of hydrogen-bond acceptors (Lipinski definition) is 7. The third-order valence-corrected chi connectivity index (χ3v) is 7.18. The van der Waals surface area contributed by atoms with Gasteiger partial charge in [0.25, 0.3) is 5.91 Å². The Morgan fingerprint density at radius 1 is 0.938 bits per heavy atom. The number of aromatic nitrogens is 2. The van der Waals surface area contributed by atoms with Crippen molar-refractivity contribution in [2.75, 3.05) is 32.9 Å². The van der Waals surface area contributed by atoms with E-state index < -0.39 is 15.9 Å². The van der Waals surface area contributed by atoms with E-state index in [0.717, 1.165) is 4.68 Å². The van der Waals surface area contributed by atoms with Gasteiger partial charge in [-0.3, -0.25) is 4.79 Å². The number of rotatable bonds is 11. The second kappa shape index (κ2) is 10.8. The lowest BCUT2D eigenvalue weighted by Crippen LogP contribution is -2.31. The summed E-state index contributed by atoms with van der Waals surface area (Å²) >= 11 is 0. The van der Waals surface area contributed by atoms with Crippen molar-refractivity contribution in [2.24, 2.45) is 0 Å². The summed E-state index contributed by atoms with van der Waals surface area (Å²) in [5, 5.41) is 4.26. The van der Waals surface area contributed by atoms with Crippen LogP contribution in [0, 0.1) is 13.8 Å². The topological polar surface area (TPSA) is 100.0 Å². The molecule has 0 spiro atoms. The van der Waals surface area contributed by atoms with E-state index in [4.69, 9.17) is 14.2 Å². The maximum atomic E-state index is 13.4. The third-order valence-electron chi connectivity index (χ3n) is 4.88. The van der Waals surface area contributed by atoms with Crippen molar-refractivity contribution in [3.63, 3.8) is 0 Å². The number of nitrogens with zero attached hydrogens (tertiary/aromatic N) is 3. The predicted octanol–water partition coefficient (Wildman–Crippen LogP) is 3.42. The Morgan fingerprint density at radius 3 is 1.88 bits per heavy atom. The van der Waals surface area contributed by atoms with Gasteiger partial charge in [0, 0.05) is 18.7 Å². The molecule has 0 amide bonds. The molecule has 0 bridgehead atoms. The summed E-state index contributed by atoms with van der Waals surface area (Å²) in [4.78, 5) is 13.4. The van der Waals surface area contributed by atoms with E-state index in [9.17, 15) is 13.2 Å². The average Bonchev–Trinajstić information content (AvgIpc) is 3.05. The molecule has 32 heavy (non-hydrogen) atoms. The monoisotopic (exact) mass is 467 g/mol. The first-order valence-corrected chi connectivity index (χ1v) is 12.3. The molecule has 1 aromatic heterocycles. The van der Waals surface area contributed by atoms with Crippen LogP contribution in [0.25, 0.3) is 0 Å². The van der Waals surface area contributed by atoms with E-state index in [2.05, 4.69) is 5.10 Å². The van der Waals surface area contributed by atoms with Gasteiger partial charge in [-0.1, -0.05) is 13.8 Å². The molecule has 10 heteroatoms. The summed E-state index contributed by atoms with van der Waals surface area (Å²) < 4.78 is 45.7. The van der Waals surface area contributed by atoms with Crippen molar-refractivity contribution in [3.05, 3.63) is 29.1 Å². The van der Waals surface area contributed by atoms with E-state index in [1.54, 1.807) is 39.8 Å². The van der Waals surface area contributed by atoms with Crippen LogP contribution in [-0.2, 0) is 10.0 Å². The van der Waals surface area contributed by atoms with Gasteiger partial charge in [0.2, 0.25) is 15.8 Å². The second-order valence-corrected chi connectivity index (χ2v) is 8.78. The Hall–Kier alpha value is -2.59. The van der Waals surface area contributed by atoms with Crippen molar-refractivity contribution in [1.82, 2.24) is 14.1 Å². The van der Waals surface area contributed by atoms with E-state index in [-0.39, 0.29) is 21.8 Å². The lowest BCUT2D eigenvalue weighted by molar-refractivity contribution is 0.0941. The van der Waals surface area contributed by atoms with Crippen LogP contribution in [0.1, 0.15) is 56.4 Å². The second-order valence-electron chi connectivity index (χ2n) is 6.91. The molecule has 178 valence electrons. The van der Waals surface area contributed by atoms with Gasteiger partial charge < -0.3 is 14.2 Å². The predicted molar refractivity (Wildman–Crippen MR) is 121 cm³/mol. The number of carbonyl (C=O) groups excluding carboxylic acids is 1. The van der Waals surface area contributed by atoms with Crippen molar-refractivity contribution in [1.29, 1.82) is 0 Å². The molecule has 0 aliphatic heterocycles. The molecule has 1 heterocycles. The van der Waals surface area contributed by atoms with Gasteiger partial charge in [0.1, 0.15) is 4.90 Å². The van der Waals surface area contributed by atoms with Gasteiger partial charge >= 0.3 is 0 Å². The first kappa shape index (κ1) is 25.7. The molecule has 0 fully saturated rings. The number of carbonyl (C=O) groups is 1. The zero-order valence-electron chi connectivity index (χ0n) is 19.9. The molecule has 0 atom stereocenters. The van der Waals surface area contributed by atoms with E-state index in [1.807, 2.05) is 20.8 Å². The summed E-state index contributed by atoms with van der Waals surface area (Å²) in [6.07, 6.45) is 0. The Kier molecular flexibility index (Phi) is 8.68. The van der Waals surface area contributed by atoms with Gasteiger partial charge in [0.15, 0.2) is 11.5 Å². The Labute approximate surface area is 190 Å². The van der Waals surface area contributed by atoms with Crippen molar-refractivity contribution in [2.45, 2.75) is 53.4 Å². The highest BCUT2D eigenvalue weighted by molar-refractivity contribution is 7.89. The molecule has 0 saturated heterocycles. The SMILES string of the molecule is CCOc1cc(C(=O)n2nc(C)c(S(=O)(=O)N(CC)CC)c2C)cc(OCC)c1OCC. The number of benzene rings is 1. The molecule has 9 nitrogen and oxygen atoms in total. The number of aryl methyl sites for hydroxylation is 1. The van der Waals surface area contributed by atoms with Crippen LogP contribution >= 0.6 is 0 Å². The van der Waals surface area contributed by atoms with E-state index in [1.165, 1.54) is 4.31 Å². The largest absolute Gasteiger partial charge is 0.490 e. The minimum Gasteiger partial charge on any atom is -0.490 e. The fourth-order valence-electron chi connectivity index (χ4n) is 3.53. The molecular weight excluding hydrogens is 434 g/mol. The molecule has 2 aromatic rings. The van der Waals surface area contributed by atoms with Gasteiger partial charge in [-0.15, -0.1) is 0 Å². The average molecular weight is 468 g/mol. The van der Waals surface area contributed by atoms with Crippen LogP contribution < -0.4 is 14.2 Å². The van der Waals surface area contributed by atoms with Crippen molar-refractivity contribution >= 4 is 15.9 Å². The maximum Gasteiger partial charge on any atom is 0.278 e. The van der Waals surface area contributed by atoms with Crippen LogP contribution in [0.5, 0.6) is 17.2 Å². The first-order chi connectivity index (χ1) is 15.2. The Bertz CT molecular complexity index is 1030. The summed E-state index contributed by atoms with van der Waals surface area (Å²) in [5.74, 6) is 0.685. The lowest BCUT2D eigenvalue weighted by atomic mass is 10.1. The standard InChI is InChI=1S/C22H33N3O6S/c1-8-24(9-2)32(27,28)21-15(6)23-25(16(21)7)22(26)17-13-18(29-10-3)20(31-12-5)19(14-17)30-11-4/h13-14H,8-12H2,1-7H3. The number of sulfonamides is 1. The van der Waals surface area contributed by atoms with Gasteiger partial charge in [-0.2, -0.15) is 14.1 Å². The molecule has 0 unspecified atom stereocenters. The first-order valence-electron chi connectivity index (χ1n) is 10.8. The summed E-state index contributed by atoms with van der Waals surface area (Å²) in [6, 6.07) is 3.13. The quantitative estimate of drug-likeness (QED) is 0.499. The van der Waals surface area contributed by atoms with Gasteiger partial charge in [-0.25, -0.2) is 8.42 Å². The molecule has 0 aliphatic rings. The minimum absolute atomic E-state index is 0.0514. The van der Waals surface area contributed by atoms with Crippen LogP contribution in [0.15, 0.2) is 17.0 Å². The normalized spacial score (nSPS) is 11.6. The van der Waals surface area contributed by atoms with Crippen molar-refractivity contribution < 1.29 is 27.4 Å². The highest BCUT2D eigenvalue weighted by Gasteiger charge is 2.31. The molecule has 0 N–H and O–H groups in total. The molecule has 0 saturated carbocycles. The number of hydrogen-bond donors (Lipinski definition) is 0. The van der Waals surface area contributed by atoms with Crippen LogP contribution in [0.2, 0.25) is 0 Å². The van der Waals surface area contributed by atoms with Crippen LogP contribution in [0.4, 0.5) is 0 Å². The minimum atomic E-state index is -3.78. The smallest absolute Gasteiger partial charge is 0.278 e. The lowest BCUT2D eigenvalue weighted by Gasteiger charge is -2.18. The Balaban J connectivity index is 2.63. The highest BCUT2D eigenvalue weighted by Crippen LogP contribution is 2.39. The summed E-state index contributed by atoms with van der Waals surface area (Å²) in [7, 11) is -3.78. The number of ether oxygens (including phenoxy) is 3. The fourth-order valence-corrected chi connectivity index (χ4v) is 5.34. The van der Waals surface area contributed by atoms with Crippen molar-refractivity contribution in [3.8, 4) is 17.2 Å². The van der Waals surface area contributed by atoms with Crippen LogP contribution in [-0.4, -0.2) is 61.3 Å². The molecule has 1 aromatic carbocycles. The maximum absolute atomic E-state index is 13.4. The van der Waals surface area contributed by atoms with Gasteiger partial charge in [0.05, 0.1) is 31.2 Å². The fraction of sp³-hybridized carbons (Fsp3) is 0.545. The highest BCUT2D eigenvalue weighted by atomic mass is 32.2.